The minimum atomic E-state index is -0.157. The predicted molar refractivity (Wildman–Crippen MR) is 120 cm³/mol. The van der Waals surface area contributed by atoms with Gasteiger partial charge in [0.25, 0.3) is 5.91 Å². The van der Waals surface area contributed by atoms with Crippen molar-refractivity contribution in [2.75, 3.05) is 13.1 Å². The highest BCUT2D eigenvalue weighted by Gasteiger charge is 2.30. The Labute approximate surface area is 187 Å². The summed E-state index contributed by atoms with van der Waals surface area (Å²) in [5.74, 6) is 1.76. The number of aryl methyl sites for hydroxylation is 1. The molecule has 162 valence electrons. The second-order valence-electron chi connectivity index (χ2n) is 9.15. The second-order valence-corrected chi connectivity index (χ2v) is 9.58. The van der Waals surface area contributed by atoms with Gasteiger partial charge in [0.05, 0.1) is 17.0 Å². The predicted octanol–water partition coefficient (Wildman–Crippen LogP) is 5.41. The fourth-order valence-corrected chi connectivity index (χ4v) is 4.00. The average molecular weight is 439 g/mol. The van der Waals surface area contributed by atoms with Gasteiger partial charge in [0.2, 0.25) is 0 Å². The highest BCUT2D eigenvalue weighted by atomic mass is 35.5. The summed E-state index contributed by atoms with van der Waals surface area (Å²) in [6.07, 6.45) is 3.52. The molecule has 31 heavy (non-hydrogen) atoms. The fourth-order valence-electron chi connectivity index (χ4n) is 3.88. The number of benzene rings is 1. The molecule has 1 saturated heterocycles. The SMILES string of the molecule is Cc1cc(-c2cnc(C(C)(C)C)nc2C2CCN(C(=O)c3ccc(Cl)cc3)CC2)on1. The summed E-state index contributed by atoms with van der Waals surface area (Å²) < 4.78 is 5.53. The molecule has 1 aliphatic rings. The number of nitrogens with zero attached hydrogens (tertiary/aromatic N) is 4. The lowest BCUT2D eigenvalue weighted by Crippen LogP contribution is -2.38. The van der Waals surface area contributed by atoms with E-state index in [4.69, 9.17) is 21.1 Å². The largest absolute Gasteiger partial charge is 0.356 e. The number of hydrogen-bond acceptors (Lipinski definition) is 5. The van der Waals surface area contributed by atoms with Crippen LogP contribution >= 0.6 is 11.6 Å². The summed E-state index contributed by atoms with van der Waals surface area (Å²) in [5.41, 5.74) is 3.20. The molecule has 6 nitrogen and oxygen atoms in total. The van der Waals surface area contributed by atoms with Gasteiger partial charge in [-0.1, -0.05) is 37.5 Å². The normalized spacial score (nSPS) is 15.3. The van der Waals surface area contributed by atoms with Gasteiger partial charge < -0.3 is 9.42 Å². The molecule has 0 N–H and O–H groups in total. The number of aromatic nitrogens is 3. The van der Waals surface area contributed by atoms with Gasteiger partial charge in [0.1, 0.15) is 5.82 Å². The molecule has 3 heterocycles. The minimum absolute atomic E-state index is 0.0410. The van der Waals surface area contributed by atoms with Crippen LogP contribution in [0.4, 0.5) is 0 Å². The van der Waals surface area contributed by atoms with Gasteiger partial charge >= 0.3 is 0 Å². The number of carbonyl (C=O) groups excluding carboxylic acids is 1. The van der Waals surface area contributed by atoms with Gasteiger partial charge in [-0.05, 0) is 44.0 Å². The molecule has 1 aromatic carbocycles. The summed E-state index contributed by atoms with van der Waals surface area (Å²) in [4.78, 5) is 24.4. The van der Waals surface area contributed by atoms with Crippen molar-refractivity contribution in [2.24, 2.45) is 0 Å². The van der Waals surface area contributed by atoms with E-state index in [2.05, 4.69) is 30.9 Å². The van der Waals surface area contributed by atoms with E-state index in [-0.39, 0.29) is 17.2 Å². The van der Waals surface area contributed by atoms with Gasteiger partial charge in [0, 0.05) is 47.3 Å². The molecule has 0 spiro atoms. The molecular formula is C24H27ClN4O2. The third kappa shape index (κ3) is 4.64. The van der Waals surface area contributed by atoms with Crippen LogP contribution in [-0.2, 0) is 5.41 Å². The molecule has 0 radical (unpaired) electrons. The first-order valence-corrected chi connectivity index (χ1v) is 11.0. The van der Waals surface area contributed by atoms with E-state index in [0.717, 1.165) is 35.6 Å². The third-order valence-electron chi connectivity index (χ3n) is 5.64. The van der Waals surface area contributed by atoms with Crippen LogP contribution in [0.25, 0.3) is 11.3 Å². The van der Waals surface area contributed by atoms with E-state index in [1.807, 2.05) is 24.1 Å². The molecule has 3 aromatic rings. The number of amides is 1. The van der Waals surface area contributed by atoms with Crippen molar-refractivity contribution in [1.29, 1.82) is 0 Å². The van der Waals surface area contributed by atoms with Crippen LogP contribution in [0, 0.1) is 6.92 Å². The van der Waals surface area contributed by atoms with Crippen molar-refractivity contribution in [3.05, 3.63) is 64.3 Å². The zero-order valence-electron chi connectivity index (χ0n) is 18.4. The molecule has 2 aromatic heterocycles. The van der Waals surface area contributed by atoms with E-state index in [0.29, 0.717) is 29.4 Å². The highest BCUT2D eigenvalue weighted by molar-refractivity contribution is 6.30. The average Bonchev–Trinajstić information content (AvgIpc) is 3.19. The van der Waals surface area contributed by atoms with Crippen LogP contribution in [0.3, 0.4) is 0 Å². The van der Waals surface area contributed by atoms with E-state index in [1.54, 1.807) is 24.3 Å². The molecule has 1 aliphatic heterocycles. The van der Waals surface area contributed by atoms with Crippen LogP contribution in [0.2, 0.25) is 5.02 Å². The molecule has 1 fully saturated rings. The molecule has 0 unspecified atom stereocenters. The number of rotatable bonds is 3. The van der Waals surface area contributed by atoms with E-state index in [1.165, 1.54) is 0 Å². The zero-order chi connectivity index (χ0) is 22.2. The number of piperidine rings is 1. The molecule has 7 heteroatoms. The Hall–Kier alpha value is -2.73. The second kappa shape index (κ2) is 8.42. The van der Waals surface area contributed by atoms with Crippen LogP contribution in [0.1, 0.15) is 67.1 Å². The Balaban J connectivity index is 1.58. The molecule has 0 bridgehead atoms. The van der Waals surface area contributed by atoms with E-state index >= 15 is 0 Å². The minimum Gasteiger partial charge on any atom is -0.356 e. The molecule has 0 aliphatic carbocycles. The van der Waals surface area contributed by atoms with Crippen molar-refractivity contribution in [2.45, 2.75) is 51.9 Å². The summed E-state index contributed by atoms with van der Waals surface area (Å²) in [6, 6.07) is 8.98. The van der Waals surface area contributed by atoms with Crippen LogP contribution in [0.15, 0.2) is 41.1 Å². The van der Waals surface area contributed by atoms with Crippen molar-refractivity contribution >= 4 is 17.5 Å². The Morgan fingerprint density at radius 3 is 2.42 bits per heavy atom. The molecule has 1 amide bonds. The third-order valence-corrected chi connectivity index (χ3v) is 5.89. The Kier molecular flexibility index (Phi) is 5.84. The summed E-state index contributed by atoms with van der Waals surface area (Å²) in [5, 5.41) is 4.66. The standard InChI is InChI=1S/C24H27ClN4O2/c1-15-13-20(31-28-15)19-14-26-23(24(2,3)4)27-21(19)16-9-11-29(12-10-16)22(30)17-5-7-18(25)8-6-17/h5-8,13-14,16H,9-12H2,1-4H3. The summed E-state index contributed by atoms with van der Waals surface area (Å²) in [6.45, 7) is 9.58. The van der Waals surface area contributed by atoms with Crippen molar-refractivity contribution < 1.29 is 9.32 Å². The Morgan fingerprint density at radius 1 is 1.16 bits per heavy atom. The maximum absolute atomic E-state index is 12.9. The number of hydrogen-bond donors (Lipinski definition) is 0. The number of halogens is 1. The highest BCUT2D eigenvalue weighted by Crippen LogP contribution is 2.35. The molecule has 0 atom stereocenters. The fraction of sp³-hybridized carbons (Fsp3) is 0.417. The van der Waals surface area contributed by atoms with E-state index < -0.39 is 0 Å². The summed E-state index contributed by atoms with van der Waals surface area (Å²) >= 11 is 5.95. The maximum atomic E-state index is 12.9. The van der Waals surface area contributed by atoms with Gasteiger partial charge in [0.15, 0.2) is 5.76 Å². The Bertz CT molecular complexity index is 1080. The quantitative estimate of drug-likeness (QED) is 0.546. The van der Waals surface area contributed by atoms with Gasteiger partial charge in [-0.2, -0.15) is 0 Å². The van der Waals surface area contributed by atoms with Crippen molar-refractivity contribution in [1.82, 2.24) is 20.0 Å². The number of likely N-dealkylation sites (tertiary alicyclic amines) is 1. The first-order chi connectivity index (χ1) is 14.7. The molecular weight excluding hydrogens is 412 g/mol. The monoisotopic (exact) mass is 438 g/mol. The summed E-state index contributed by atoms with van der Waals surface area (Å²) in [7, 11) is 0. The number of carbonyl (C=O) groups is 1. The smallest absolute Gasteiger partial charge is 0.253 e. The zero-order valence-corrected chi connectivity index (χ0v) is 19.1. The molecule has 0 saturated carbocycles. The van der Waals surface area contributed by atoms with Gasteiger partial charge in [-0.25, -0.2) is 9.97 Å². The lowest BCUT2D eigenvalue weighted by molar-refractivity contribution is 0.0712. The topological polar surface area (TPSA) is 72.1 Å². The van der Waals surface area contributed by atoms with E-state index in [9.17, 15) is 4.79 Å². The van der Waals surface area contributed by atoms with Crippen molar-refractivity contribution in [3.63, 3.8) is 0 Å². The lowest BCUT2D eigenvalue weighted by Gasteiger charge is -2.33. The van der Waals surface area contributed by atoms with Gasteiger partial charge in [-0.15, -0.1) is 0 Å². The molecule has 4 rings (SSSR count). The van der Waals surface area contributed by atoms with Crippen molar-refractivity contribution in [3.8, 4) is 11.3 Å². The lowest BCUT2D eigenvalue weighted by atomic mass is 9.88. The van der Waals surface area contributed by atoms with Crippen LogP contribution < -0.4 is 0 Å². The Morgan fingerprint density at radius 2 is 1.84 bits per heavy atom. The first kappa shape index (κ1) is 21.5. The van der Waals surface area contributed by atoms with Crippen LogP contribution in [-0.4, -0.2) is 39.0 Å². The first-order valence-electron chi connectivity index (χ1n) is 10.6. The van der Waals surface area contributed by atoms with Gasteiger partial charge in [-0.3, -0.25) is 4.79 Å². The van der Waals surface area contributed by atoms with Crippen LogP contribution in [0.5, 0.6) is 0 Å². The maximum Gasteiger partial charge on any atom is 0.253 e.